The fraction of sp³-hybridized carbons (Fsp3) is 1.00. The minimum absolute atomic E-state index is 0.617. The monoisotopic (exact) mass is 105 g/mol. The van der Waals surface area contributed by atoms with E-state index in [4.69, 9.17) is 11.8 Å². The highest BCUT2D eigenvalue weighted by Gasteiger charge is 2.38. The molecule has 1 heterocycles. The van der Waals surface area contributed by atoms with Crippen molar-refractivity contribution in [2.75, 3.05) is 0 Å². The molecule has 1 aliphatic heterocycles. The molecule has 36 valence electrons. The van der Waals surface area contributed by atoms with Gasteiger partial charge in [-0.1, -0.05) is 0 Å². The van der Waals surface area contributed by atoms with Gasteiger partial charge in [0, 0.05) is 12.1 Å². The molecule has 2 atom stereocenters. The lowest BCUT2D eigenvalue weighted by Crippen LogP contribution is -1.74. The van der Waals surface area contributed by atoms with Gasteiger partial charge in [-0.15, -0.1) is 0 Å². The predicted octanol–water partition coefficient (Wildman–Crippen LogP) is 1.23. The Morgan fingerprint density at radius 3 is 1.50 bits per heavy atom. The van der Waals surface area contributed by atoms with Crippen molar-refractivity contribution in [2.45, 2.75) is 25.9 Å². The maximum absolute atomic E-state index is 5.52. The molecule has 6 heavy (non-hydrogen) atoms. The highest BCUT2D eigenvalue weighted by Crippen LogP contribution is 2.28. The Morgan fingerprint density at radius 2 is 1.50 bits per heavy atom. The standard InChI is InChI=1S/C4H8ClN/c1-3-4(2)6(3)5/h3-4H,1-2H3/t3-,4-/m0/s1. The Labute approximate surface area is 43.0 Å². The van der Waals surface area contributed by atoms with Gasteiger partial charge in [0.05, 0.1) is 0 Å². The summed E-state index contributed by atoms with van der Waals surface area (Å²) in [5.41, 5.74) is 0. The molecule has 0 aromatic rings. The minimum Gasteiger partial charge on any atom is -0.211 e. The zero-order valence-electron chi connectivity index (χ0n) is 3.98. The molecule has 0 aromatic heterocycles. The van der Waals surface area contributed by atoms with Crippen molar-refractivity contribution in [1.29, 1.82) is 0 Å². The minimum atomic E-state index is 0.617. The van der Waals surface area contributed by atoms with Gasteiger partial charge in [-0.25, -0.2) is 4.42 Å². The molecule has 1 saturated heterocycles. The van der Waals surface area contributed by atoms with Gasteiger partial charge in [0.15, 0.2) is 0 Å². The van der Waals surface area contributed by atoms with Crippen molar-refractivity contribution in [1.82, 2.24) is 4.42 Å². The van der Waals surface area contributed by atoms with Gasteiger partial charge in [0.1, 0.15) is 0 Å². The molecule has 1 rings (SSSR count). The maximum atomic E-state index is 5.52. The summed E-state index contributed by atoms with van der Waals surface area (Å²) in [5.74, 6) is 0. The average Bonchev–Trinajstić information content (AvgIpc) is 1.94. The predicted molar refractivity (Wildman–Crippen MR) is 26.6 cm³/mol. The van der Waals surface area contributed by atoms with E-state index in [1.807, 2.05) is 0 Å². The molecule has 0 amide bonds. The first-order valence-electron chi connectivity index (χ1n) is 2.17. The molecule has 0 radical (unpaired) electrons. The number of halogens is 1. The summed E-state index contributed by atoms with van der Waals surface area (Å²) in [7, 11) is 0. The molecule has 0 spiro atoms. The van der Waals surface area contributed by atoms with Crippen LogP contribution in [-0.4, -0.2) is 16.5 Å². The van der Waals surface area contributed by atoms with Gasteiger partial charge in [-0.05, 0) is 25.6 Å². The van der Waals surface area contributed by atoms with Gasteiger partial charge < -0.3 is 0 Å². The van der Waals surface area contributed by atoms with Gasteiger partial charge in [0.2, 0.25) is 0 Å². The third-order valence-corrected chi connectivity index (χ3v) is 2.00. The third kappa shape index (κ3) is 0.427. The zero-order chi connectivity index (χ0) is 4.73. The van der Waals surface area contributed by atoms with Crippen LogP contribution >= 0.6 is 11.8 Å². The van der Waals surface area contributed by atoms with E-state index in [0.29, 0.717) is 12.1 Å². The van der Waals surface area contributed by atoms with Crippen LogP contribution in [0.3, 0.4) is 0 Å². The largest absolute Gasteiger partial charge is 0.211 e. The summed E-state index contributed by atoms with van der Waals surface area (Å²) in [6.45, 7) is 4.22. The van der Waals surface area contributed by atoms with E-state index in [9.17, 15) is 0 Å². The van der Waals surface area contributed by atoms with Crippen LogP contribution in [0.1, 0.15) is 13.8 Å². The lowest BCUT2D eigenvalue weighted by molar-refractivity contribution is 0.793. The molecule has 0 unspecified atom stereocenters. The van der Waals surface area contributed by atoms with Crippen molar-refractivity contribution in [2.24, 2.45) is 0 Å². The molecular weight excluding hydrogens is 97.5 g/mol. The van der Waals surface area contributed by atoms with Crippen LogP contribution in [0.2, 0.25) is 0 Å². The summed E-state index contributed by atoms with van der Waals surface area (Å²) >= 11 is 5.52. The van der Waals surface area contributed by atoms with Crippen molar-refractivity contribution in [3.63, 3.8) is 0 Å². The Hall–Kier alpha value is 0.250. The second kappa shape index (κ2) is 1.11. The molecule has 0 N–H and O–H groups in total. The number of hydrogen-bond donors (Lipinski definition) is 0. The number of nitrogens with zero attached hydrogens (tertiary/aromatic N) is 1. The molecule has 0 saturated carbocycles. The van der Waals surface area contributed by atoms with Crippen molar-refractivity contribution >= 4 is 11.8 Å². The van der Waals surface area contributed by atoms with E-state index in [0.717, 1.165) is 0 Å². The molecule has 1 nitrogen and oxygen atoms in total. The van der Waals surface area contributed by atoms with Gasteiger partial charge in [-0.3, -0.25) is 0 Å². The van der Waals surface area contributed by atoms with E-state index in [1.54, 1.807) is 4.42 Å². The molecular formula is C4H8ClN. The average molecular weight is 106 g/mol. The summed E-state index contributed by atoms with van der Waals surface area (Å²) in [5, 5.41) is 0. The first-order chi connectivity index (χ1) is 2.73. The highest BCUT2D eigenvalue weighted by molar-refractivity contribution is 6.15. The second-order valence-corrected chi connectivity index (χ2v) is 2.22. The van der Waals surface area contributed by atoms with E-state index in [-0.39, 0.29) is 0 Å². The second-order valence-electron chi connectivity index (χ2n) is 1.83. The van der Waals surface area contributed by atoms with Crippen LogP contribution in [0.5, 0.6) is 0 Å². The van der Waals surface area contributed by atoms with Crippen LogP contribution in [0, 0.1) is 0 Å². The normalized spacial score (nSPS) is 55.5. The maximum Gasteiger partial charge on any atom is 0.0393 e. The van der Waals surface area contributed by atoms with Crippen molar-refractivity contribution in [3.8, 4) is 0 Å². The van der Waals surface area contributed by atoms with E-state index >= 15 is 0 Å². The van der Waals surface area contributed by atoms with E-state index in [1.165, 1.54) is 0 Å². The topological polar surface area (TPSA) is 3.01 Å². The summed E-state index contributed by atoms with van der Waals surface area (Å²) in [6, 6.07) is 1.23. The van der Waals surface area contributed by atoms with E-state index < -0.39 is 0 Å². The third-order valence-electron chi connectivity index (χ3n) is 1.39. The summed E-state index contributed by atoms with van der Waals surface area (Å²) < 4.78 is 1.81. The smallest absolute Gasteiger partial charge is 0.0393 e. The Morgan fingerprint density at radius 1 is 1.33 bits per heavy atom. The molecule has 1 fully saturated rings. The first-order valence-corrected chi connectivity index (χ1v) is 2.51. The van der Waals surface area contributed by atoms with E-state index in [2.05, 4.69) is 13.8 Å². The summed E-state index contributed by atoms with van der Waals surface area (Å²) in [4.78, 5) is 0. The van der Waals surface area contributed by atoms with Gasteiger partial charge >= 0.3 is 0 Å². The fourth-order valence-electron chi connectivity index (χ4n) is 0.459. The van der Waals surface area contributed by atoms with Crippen molar-refractivity contribution < 1.29 is 0 Å². The lowest BCUT2D eigenvalue weighted by Gasteiger charge is -1.72. The molecule has 0 bridgehead atoms. The van der Waals surface area contributed by atoms with Crippen molar-refractivity contribution in [3.05, 3.63) is 0 Å². The molecule has 0 aromatic carbocycles. The Kier molecular flexibility index (Phi) is 0.815. The molecule has 0 aliphatic carbocycles. The van der Waals surface area contributed by atoms with Crippen LogP contribution < -0.4 is 0 Å². The van der Waals surface area contributed by atoms with Crippen LogP contribution in [0.4, 0.5) is 0 Å². The molecule has 2 heteroatoms. The zero-order valence-corrected chi connectivity index (χ0v) is 4.74. The summed E-state index contributed by atoms with van der Waals surface area (Å²) in [6.07, 6.45) is 0. The number of rotatable bonds is 0. The highest BCUT2D eigenvalue weighted by atomic mass is 35.5. The van der Waals surface area contributed by atoms with Crippen LogP contribution in [-0.2, 0) is 0 Å². The van der Waals surface area contributed by atoms with Gasteiger partial charge in [-0.2, -0.15) is 0 Å². The quantitative estimate of drug-likeness (QED) is 0.331. The Bertz CT molecular complexity index is 44.3. The number of hydrogen-bond acceptors (Lipinski definition) is 1. The first kappa shape index (κ1) is 4.41. The fourth-order valence-corrected chi connectivity index (χ4v) is 0.735. The van der Waals surface area contributed by atoms with Crippen LogP contribution in [0.25, 0.3) is 0 Å². The molecule has 1 aliphatic rings. The van der Waals surface area contributed by atoms with Gasteiger partial charge in [0.25, 0.3) is 0 Å². The lowest BCUT2D eigenvalue weighted by atomic mass is 10.4. The Balaban J connectivity index is 2.31. The van der Waals surface area contributed by atoms with Crippen LogP contribution in [0.15, 0.2) is 0 Å². The SMILES string of the molecule is C[C@H]1[C@H](C)N1Cl.